The molecule has 1 aromatic rings. The smallest absolute Gasteiger partial charge is 0.330 e. The number of hydrogen-bond acceptors (Lipinski definition) is 3. The molecule has 2 rings (SSSR count). The summed E-state index contributed by atoms with van der Waals surface area (Å²) in [6.45, 7) is 0.771. The van der Waals surface area contributed by atoms with Gasteiger partial charge in [0.05, 0.1) is 7.11 Å². The Morgan fingerprint density at radius 3 is 2.63 bits per heavy atom. The summed E-state index contributed by atoms with van der Waals surface area (Å²) in [6.07, 6.45) is 4.09. The summed E-state index contributed by atoms with van der Waals surface area (Å²) in [6, 6.07) is 2.18. The number of rotatable bonds is 3. The average Bonchev–Trinajstić information content (AvgIpc) is 2.88. The van der Waals surface area contributed by atoms with Gasteiger partial charge in [0.25, 0.3) is 0 Å². The predicted molar refractivity (Wildman–Crippen MR) is 67.4 cm³/mol. The number of benzene rings is 1. The van der Waals surface area contributed by atoms with Crippen molar-refractivity contribution in [3.63, 3.8) is 0 Å². The summed E-state index contributed by atoms with van der Waals surface area (Å²) >= 11 is 0. The first-order chi connectivity index (χ1) is 9.11. The molecule has 0 spiro atoms. The first-order valence-corrected chi connectivity index (χ1v) is 6.10. The molecule has 1 saturated heterocycles. The van der Waals surface area contributed by atoms with Crippen molar-refractivity contribution >= 4 is 12.0 Å². The van der Waals surface area contributed by atoms with Crippen molar-refractivity contribution in [1.29, 1.82) is 0 Å². The van der Waals surface area contributed by atoms with Gasteiger partial charge in [-0.2, -0.15) is 0 Å². The monoisotopic (exact) mass is 267 g/mol. The highest BCUT2D eigenvalue weighted by Crippen LogP contribution is 2.28. The molecular formula is C14H15F2NO2. The first-order valence-electron chi connectivity index (χ1n) is 6.10. The fraction of sp³-hybridized carbons (Fsp3) is 0.357. The lowest BCUT2D eigenvalue weighted by atomic mass is 10.0. The SMILES string of the molecule is COC(=O)C=Cc1cc(F)c([C@@H]2CCCN2)c(F)c1. The number of carbonyl (C=O) groups is 1. The highest BCUT2D eigenvalue weighted by atomic mass is 19.1. The molecule has 1 aliphatic heterocycles. The standard InChI is InChI=1S/C14H15F2NO2/c1-19-13(18)5-4-9-7-10(15)14(11(16)8-9)12-3-2-6-17-12/h4-5,7-8,12,17H,2-3,6H2,1H3/t12-/m0/s1. The molecule has 1 fully saturated rings. The lowest BCUT2D eigenvalue weighted by Gasteiger charge is -2.13. The highest BCUT2D eigenvalue weighted by molar-refractivity contribution is 5.86. The first kappa shape index (κ1) is 13.7. The molecule has 0 radical (unpaired) electrons. The average molecular weight is 267 g/mol. The number of halogens is 2. The van der Waals surface area contributed by atoms with Crippen LogP contribution in [0.15, 0.2) is 18.2 Å². The van der Waals surface area contributed by atoms with E-state index in [1.807, 2.05) is 0 Å². The zero-order chi connectivity index (χ0) is 13.8. The highest BCUT2D eigenvalue weighted by Gasteiger charge is 2.23. The van der Waals surface area contributed by atoms with Gasteiger partial charge in [0.15, 0.2) is 0 Å². The predicted octanol–water partition coefficient (Wildman–Crippen LogP) is 2.58. The fourth-order valence-corrected chi connectivity index (χ4v) is 2.20. The molecule has 0 saturated carbocycles. The lowest BCUT2D eigenvalue weighted by molar-refractivity contribution is -0.134. The maximum atomic E-state index is 13.9. The van der Waals surface area contributed by atoms with Gasteiger partial charge in [0, 0.05) is 17.7 Å². The van der Waals surface area contributed by atoms with Crippen LogP contribution in [0.2, 0.25) is 0 Å². The van der Waals surface area contributed by atoms with Gasteiger partial charge in [0.2, 0.25) is 0 Å². The summed E-state index contributed by atoms with van der Waals surface area (Å²) in [5.41, 5.74) is 0.370. The number of esters is 1. The van der Waals surface area contributed by atoms with Crippen molar-refractivity contribution in [3.8, 4) is 0 Å². The van der Waals surface area contributed by atoms with Crippen molar-refractivity contribution in [2.45, 2.75) is 18.9 Å². The van der Waals surface area contributed by atoms with Crippen LogP contribution in [0.5, 0.6) is 0 Å². The van der Waals surface area contributed by atoms with E-state index < -0.39 is 17.6 Å². The van der Waals surface area contributed by atoms with E-state index in [1.165, 1.54) is 25.3 Å². The van der Waals surface area contributed by atoms with Crippen LogP contribution in [0.3, 0.4) is 0 Å². The maximum Gasteiger partial charge on any atom is 0.330 e. The fourth-order valence-electron chi connectivity index (χ4n) is 2.20. The molecule has 3 nitrogen and oxygen atoms in total. The molecule has 5 heteroatoms. The van der Waals surface area contributed by atoms with Gasteiger partial charge in [-0.25, -0.2) is 13.6 Å². The minimum Gasteiger partial charge on any atom is -0.466 e. The van der Waals surface area contributed by atoms with E-state index in [-0.39, 0.29) is 11.6 Å². The summed E-state index contributed by atoms with van der Waals surface area (Å²) < 4.78 is 32.3. The Morgan fingerprint density at radius 2 is 2.11 bits per heavy atom. The number of hydrogen-bond donors (Lipinski definition) is 1. The maximum absolute atomic E-state index is 13.9. The molecule has 1 aromatic carbocycles. The minimum atomic E-state index is -0.594. The van der Waals surface area contributed by atoms with Crippen LogP contribution in [0.1, 0.15) is 30.0 Å². The van der Waals surface area contributed by atoms with Crippen molar-refractivity contribution in [2.24, 2.45) is 0 Å². The molecule has 1 N–H and O–H groups in total. The summed E-state index contributed by atoms with van der Waals surface area (Å²) in [5.74, 6) is -1.75. The van der Waals surface area contributed by atoms with Gasteiger partial charge in [-0.3, -0.25) is 0 Å². The lowest BCUT2D eigenvalue weighted by Crippen LogP contribution is -2.16. The van der Waals surface area contributed by atoms with E-state index in [0.29, 0.717) is 5.56 Å². The van der Waals surface area contributed by atoms with Gasteiger partial charge in [-0.1, -0.05) is 0 Å². The normalized spacial score (nSPS) is 19.0. The Bertz CT molecular complexity index is 485. The molecule has 0 amide bonds. The molecule has 0 unspecified atom stereocenters. The number of carbonyl (C=O) groups excluding carboxylic acids is 1. The Hall–Kier alpha value is -1.75. The number of methoxy groups -OCH3 is 1. The second kappa shape index (κ2) is 5.93. The van der Waals surface area contributed by atoms with E-state index in [9.17, 15) is 13.6 Å². The quantitative estimate of drug-likeness (QED) is 0.675. The van der Waals surface area contributed by atoms with Crippen molar-refractivity contribution < 1.29 is 18.3 Å². The van der Waals surface area contributed by atoms with Crippen molar-refractivity contribution in [3.05, 3.63) is 41.0 Å². The molecule has 1 aliphatic rings. The van der Waals surface area contributed by atoms with Gasteiger partial charge in [-0.15, -0.1) is 0 Å². The number of nitrogens with one attached hydrogen (secondary N) is 1. The Morgan fingerprint density at radius 1 is 1.42 bits per heavy atom. The van der Waals surface area contributed by atoms with Crippen molar-refractivity contribution in [2.75, 3.05) is 13.7 Å². The number of ether oxygens (including phenoxy) is 1. The molecule has 102 valence electrons. The summed E-state index contributed by atoms with van der Waals surface area (Å²) in [4.78, 5) is 10.9. The van der Waals surface area contributed by atoms with Crippen LogP contribution in [-0.2, 0) is 9.53 Å². The third-order valence-electron chi connectivity index (χ3n) is 3.12. The van der Waals surface area contributed by atoms with Crippen molar-refractivity contribution in [1.82, 2.24) is 5.32 Å². The third kappa shape index (κ3) is 3.17. The zero-order valence-corrected chi connectivity index (χ0v) is 10.6. The van der Waals surface area contributed by atoms with Crippen LogP contribution < -0.4 is 5.32 Å². The van der Waals surface area contributed by atoms with Crippen LogP contribution in [0, 0.1) is 11.6 Å². The van der Waals surface area contributed by atoms with E-state index in [2.05, 4.69) is 10.1 Å². The van der Waals surface area contributed by atoms with Crippen LogP contribution in [0.25, 0.3) is 6.08 Å². The summed E-state index contributed by atoms with van der Waals surface area (Å²) in [5, 5.41) is 3.06. The Kier molecular flexibility index (Phi) is 4.27. The molecule has 0 bridgehead atoms. The topological polar surface area (TPSA) is 38.3 Å². The molecule has 1 heterocycles. The van der Waals surface area contributed by atoms with Gasteiger partial charge >= 0.3 is 5.97 Å². The van der Waals surface area contributed by atoms with Gasteiger partial charge in [-0.05, 0) is 43.2 Å². The van der Waals surface area contributed by atoms with Gasteiger partial charge in [0.1, 0.15) is 11.6 Å². The van der Waals surface area contributed by atoms with Crippen LogP contribution in [0.4, 0.5) is 8.78 Å². The van der Waals surface area contributed by atoms with E-state index in [0.717, 1.165) is 25.5 Å². The Balaban J connectivity index is 2.26. The van der Waals surface area contributed by atoms with E-state index in [1.54, 1.807) is 0 Å². The third-order valence-corrected chi connectivity index (χ3v) is 3.12. The van der Waals surface area contributed by atoms with E-state index >= 15 is 0 Å². The van der Waals surface area contributed by atoms with Crippen LogP contribution >= 0.6 is 0 Å². The van der Waals surface area contributed by atoms with Crippen LogP contribution in [-0.4, -0.2) is 19.6 Å². The minimum absolute atomic E-state index is 0.0766. The summed E-state index contributed by atoms with van der Waals surface area (Å²) in [7, 11) is 1.24. The second-order valence-electron chi connectivity index (χ2n) is 4.40. The van der Waals surface area contributed by atoms with Gasteiger partial charge < -0.3 is 10.1 Å². The molecule has 19 heavy (non-hydrogen) atoms. The molecule has 0 aromatic heterocycles. The molecule has 1 atom stereocenters. The largest absolute Gasteiger partial charge is 0.466 e. The molecule has 0 aliphatic carbocycles. The van der Waals surface area contributed by atoms with E-state index in [4.69, 9.17) is 0 Å². The second-order valence-corrected chi connectivity index (χ2v) is 4.40. The Labute approximate surface area is 110 Å². The molecular weight excluding hydrogens is 252 g/mol. The zero-order valence-electron chi connectivity index (χ0n) is 10.6.